The normalized spacial score (nSPS) is 22.5. The number of unbranched alkanes of at least 4 members (excludes halogenated alkanes) is 1. The smallest absolute Gasteiger partial charge is 0.306 e. The second-order valence-corrected chi connectivity index (χ2v) is 12.4. The summed E-state index contributed by atoms with van der Waals surface area (Å²) in [7, 11) is 3.98. The molecule has 0 aromatic rings. The largest absolute Gasteiger partial charge is 0.460 e. The fourth-order valence-corrected chi connectivity index (χ4v) is 6.60. The number of ether oxygens (including phenoxy) is 4. The first-order valence-corrected chi connectivity index (χ1v) is 14.0. The van der Waals surface area contributed by atoms with E-state index in [-0.39, 0.29) is 17.7 Å². The Morgan fingerprint density at radius 3 is 2.57 bits per heavy atom. The monoisotopic (exact) mass is 462 g/mol. The van der Waals surface area contributed by atoms with Crippen LogP contribution in [0.15, 0.2) is 0 Å². The lowest BCUT2D eigenvalue weighted by Gasteiger charge is -2.29. The number of carbonyl (C=O) groups excluding carboxylic acids is 1. The van der Waals surface area contributed by atoms with Crippen LogP contribution in [0.25, 0.3) is 0 Å². The molecule has 0 bridgehead atoms. The Morgan fingerprint density at radius 1 is 1.07 bits per heavy atom. The molecular formula is C23H42O5S2. The molecule has 0 amide bonds. The second-order valence-electron chi connectivity index (χ2n) is 9.63. The van der Waals surface area contributed by atoms with Gasteiger partial charge in [-0.25, -0.2) is 0 Å². The Bertz CT molecular complexity index is 486. The first-order chi connectivity index (χ1) is 14.3. The highest BCUT2D eigenvalue weighted by Crippen LogP contribution is 2.39. The Hall–Kier alpha value is 0.0500. The van der Waals surface area contributed by atoms with Gasteiger partial charge in [0.15, 0.2) is 0 Å². The minimum atomic E-state index is -0.499. The number of rotatable bonds is 15. The van der Waals surface area contributed by atoms with Gasteiger partial charge in [-0.1, -0.05) is 28.0 Å². The molecular weight excluding hydrogens is 420 g/mol. The minimum absolute atomic E-state index is 0.0877. The van der Waals surface area contributed by atoms with Crippen LogP contribution in [0.1, 0.15) is 85.5 Å². The Balaban J connectivity index is 1.51. The standard InChI is InChI=1S/C23H42O5S2/c1-22(2,12-15-25-18-19-8-7-14-26-19)27-16-13-23(3,4)28-21(24)10-6-5-9-20-11-17-29-30-20/h19-20H,5-18H2,1-4H3. The maximum absolute atomic E-state index is 12.2. The highest BCUT2D eigenvalue weighted by atomic mass is 33.1. The predicted molar refractivity (Wildman–Crippen MR) is 126 cm³/mol. The third kappa shape index (κ3) is 11.6. The van der Waals surface area contributed by atoms with Crippen LogP contribution in [0.3, 0.4) is 0 Å². The topological polar surface area (TPSA) is 54.0 Å². The van der Waals surface area contributed by atoms with Crippen molar-refractivity contribution >= 4 is 27.6 Å². The lowest BCUT2D eigenvalue weighted by molar-refractivity contribution is -0.159. The highest BCUT2D eigenvalue weighted by molar-refractivity contribution is 8.77. The lowest BCUT2D eigenvalue weighted by Crippen LogP contribution is -2.33. The molecule has 2 aliphatic rings. The SMILES string of the molecule is CC(C)(CCOCC1CCCO1)OCCC(C)(C)OC(=O)CCCCC1CCSS1. The molecule has 7 heteroatoms. The van der Waals surface area contributed by atoms with E-state index < -0.39 is 5.60 Å². The van der Waals surface area contributed by atoms with Crippen molar-refractivity contribution in [2.24, 2.45) is 0 Å². The molecule has 0 N–H and O–H groups in total. The zero-order chi connectivity index (χ0) is 21.9. The maximum atomic E-state index is 12.2. The summed E-state index contributed by atoms with van der Waals surface area (Å²) >= 11 is 0. The zero-order valence-corrected chi connectivity index (χ0v) is 21.0. The van der Waals surface area contributed by atoms with Gasteiger partial charge in [0.2, 0.25) is 0 Å². The fraction of sp³-hybridized carbons (Fsp3) is 0.957. The molecule has 5 nitrogen and oxygen atoms in total. The molecule has 30 heavy (non-hydrogen) atoms. The Kier molecular flexibility index (Phi) is 11.9. The van der Waals surface area contributed by atoms with E-state index in [0.29, 0.717) is 32.7 Å². The second kappa shape index (κ2) is 13.6. The van der Waals surface area contributed by atoms with Crippen LogP contribution in [0, 0.1) is 0 Å². The van der Waals surface area contributed by atoms with Crippen LogP contribution in [0.5, 0.6) is 0 Å². The molecule has 0 aliphatic carbocycles. The van der Waals surface area contributed by atoms with E-state index in [1.54, 1.807) is 0 Å². The summed E-state index contributed by atoms with van der Waals surface area (Å²) in [5.41, 5.74) is -0.755. The molecule has 2 heterocycles. The summed E-state index contributed by atoms with van der Waals surface area (Å²) in [6.45, 7) is 10.9. The van der Waals surface area contributed by atoms with Crippen molar-refractivity contribution in [2.45, 2.75) is 108 Å². The van der Waals surface area contributed by atoms with E-state index in [1.165, 1.54) is 18.6 Å². The molecule has 0 saturated carbocycles. The summed E-state index contributed by atoms with van der Waals surface area (Å²) in [5, 5.41) is 0.782. The summed E-state index contributed by atoms with van der Waals surface area (Å²) in [5.74, 6) is 1.18. The van der Waals surface area contributed by atoms with E-state index >= 15 is 0 Å². The summed E-state index contributed by atoms with van der Waals surface area (Å²) in [6.07, 6.45) is 9.11. The van der Waals surface area contributed by atoms with Crippen LogP contribution in [-0.4, -0.2) is 60.7 Å². The van der Waals surface area contributed by atoms with Crippen molar-refractivity contribution < 1.29 is 23.7 Å². The van der Waals surface area contributed by atoms with Gasteiger partial charge in [0.25, 0.3) is 0 Å². The molecule has 0 aromatic carbocycles. The van der Waals surface area contributed by atoms with E-state index in [0.717, 1.165) is 44.0 Å². The summed E-state index contributed by atoms with van der Waals surface area (Å²) in [6, 6.07) is 0. The average molecular weight is 463 g/mol. The van der Waals surface area contributed by atoms with E-state index in [9.17, 15) is 4.79 Å². The highest BCUT2D eigenvalue weighted by Gasteiger charge is 2.26. The molecule has 0 radical (unpaired) electrons. The van der Waals surface area contributed by atoms with Crippen molar-refractivity contribution in [3.05, 3.63) is 0 Å². The van der Waals surface area contributed by atoms with Gasteiger partial charge < -0.3 is 18.9 Å². The summed E-state index contributed by atoms with van der Waals surface area (Å²) in [4.78, 5) is 12.2. The molecule has 176 valence electrons. The molecule has 2 saturated heterocycles. The van der Waals surface area contributed by atoms with Crippen LogP contribution in [-0.2, 0) is 23.7 Å². The number of hydrogen-bond donors (Lipinski definition) is 0. The van der Waals surface area contributed by atoms with Gasteiger partial charge in [-0.2, -0.15) is 0 Å². The molecule has 2 atom stereocenters. The molecule has 2 aliphatic heterocycles. The van der Waals surface area contributed by atoms with Gasteiger partial charge in [0.1, 0.15) is 5.60 Å². The quantitative estimate of drug-likeness (QED) is 0.173. The van der Waals surface area contributed by atoms with Crippen molar-refractivity contribution in [1.82, 2.24) is 0 Å². The Morgan fingerprint density at radius 2 is 1.87 bits per heavy atom. The van der Waals surface area contributed by atoms with E-state index in [4.69, 9.17) is 18.9 Å². The van der Waals surface area contributed by atoms with E-state index in [2.05, 4.69) is 13.8 Å². The predicted octanol–water partition coefficient (Wildman–Crippen LogP) is 5.79. The molecule has 0 aromatic heterocycles. The average Bonchev–Trinajstić information content (AvgIpc) is 3.35. The Labute approximate surface area is 191 Å². The van der Waals surface area contributed by atoms with Gasteiger partial charge in [0.05, 0.1) is 24.9 Å². The molecule has 2 unspecified atom stereocenters. The zero-order valence-electron chi connectivity index (χ0n) is 19.4. The fourth-order valence-electron chi connectivity index (χ4n) is 3.57. The third-order valence-electron chi connectivity index (χ3n) is 5.65. The van der Waals surface area contributed by atoms with Crippen LogP contribution < -0.4 is 0 Å². The molecule has 2 fully saturated rings. The van der Waals surface area contributed by atoms with Gasteiger partial charge in [0, 0.05) is 37.1 Å². The van der Waals surface area contributed by atoms with Gasteiger partial charge in [-0.05, 0) is 66.2 Å². The molecule has 0 spiro atoms. The van der Waals surface area contributed by atoms with Gasteiger partial charge >= 0.3 is 5.97 Å². The molecule has 2 rings (SSSR count). The number of esters is 1. The van der Waals surface area contributed by atoms with Gasteiger partial charge in [-0.3, -0.25) is 4.79 Å². The maximum Gasteiger partial charge on any atom is 0.306 e. The summed E-state index contributed by atoms with van der Waals surface area (Å²) < 4.78 is 23.1. The van der Waals surface area contributed by atoms with Crippen molar-refractivity contribution in [3.8, 4) is 0 Å². The lowest BCUT2D eigenvalue weighted by atomic mass is 10.0. The van der Waals surface area contributed by atoms with Gasteiger partial charge in [-0.15, -0.1) is 0 Å². The number of carbonyl (C=O) groups is 1. The first-order valence-electron chi connectivity index (χ1n) is 11.6. The van der Waals surface area contributed by atoms with Crippen molar-refractivity contribution in [3.63, 3.8) is 0 Å². The van der Waals surface area contributed by atoms with Crippen molar-refractivity contribution in [2.75, 3.05) is 32.2 Å². The van der Waals surface area contributed by atoms with Crippen LogP contribution in [0.4, 0.5) is 0 Å². The first kappa shape index (κ1) is 26.3. The van der Waals surface area contributed by atoms with E-state index in [1.807, 2.05) is 35.4 Å². The van der Waals surface area contributed by atoms with Crippen molar-refractivity contribution in [1.29, 1.82) is 0 Å². The third-order valence-corrected chi connectivity index (χ3v) is 8.65. The number of hydrogen-bond acceptors (Lipinski definition) is 7. The van der Waals surface area contributed by atoms with Crippen LogP contribution in [0.2, 0.25) is 0 Å². The van der Waals surface area contributed by atoms with Crippen LogP contribution >= 0.6 is 21.6 Å². The minimum Gasteiger partial charge on any atom is -0.460 e.